The number of hydrogen-bond donors (Lipinski definition) is 0. The molecule has 0 radical (unpaired) electrons. The molecule has 5 nitrogen and oxygen atoms in total. The highest BCUT2D eigenvalue weighted by Gasteiger charge is 2.28. The van der Waals surface area contributed by atoms with E-state index in [4.69, 9.17) is 4.74 Å². The molecule has 1 aromatic carbocycles. The summed E-state index contributed by atoms with van der Waals surface area (Å²) in [6, 6.07) is 10.1. The van der Waals surface area contributed by atoms with Gasteiger partial charge in [0, 0.05) is 24.5 Å². The molecular weight excluding hydrogens is 314 g/mol. The van der Waals surface area contributed by atoms with E-state index in [0.29, 0.717) is 17.6 Å². The summed E-state index contributed by atoms with van der Waals surface area (Å²) in [7, 11) is 5.67. The summed E-state index contributed by atoms with van der Waals surface area (Å²) in [6.07, 6.45) is 4.57. The molecule has 1 aromatic heterocycles. The Bertz CT molecular complexity index is 739. The average molecular weight is 341 g/mol. The van der Waals surface area contributed by atoms with Gasteiger partial charge in [0.2, 0.25) is 5.88 Å². The molecule has 1 heterocycles. The number of benzene rings is 1. The van der Waals surface area contributed by atoms with Gasteiger partial charge >= 0.3 is 0 Å². The summed E-state index contributed by atoms with van der Waals surface area (Å²) in [4.78, 5) is 21.9. The molecule has 1 fully saturated rings. The minimum Gasteiger partial charge on any atom is -0.481 e. The van der Waals surface area contributed by atoms with Gasteiger partial charge in [-0.05, 0) is 44.5 Å². The van der Waals surface area contributed by atoms with Gasteiger partial charge in [0.1, 0.15) is 5.69 Å². The Balaban J connectivity index is 1.94. The minimum absolute atomic E-state index is 0.0119. The predicted octanol–water partition coefficient (Wildman–Crippen LogP) is 3.19. The molecule has 0 aliphatic heterocycles. The second-order valence-electron chi connectivity index (χ2n) is 6.98. The number of nitrogens with zero attached hydrogens (tertiary/aromatic N) is 3. The number of hydrogen-bond acceptors (Lipinski definition) is 4. The van der Waals surface area contributed by atoms with Crippen LogP contribution < -0.4 is 4.74 Å². The van der Waals surface area contributed by atoms with E-state index in [1.807, 2.05) is 49.3 Å². The van der Waals surface area contributed by atoms with Crippen LogP contribution in [-0.4, -0.2) is 61.0 Å². The molecule has 5 heteroatoms. The number of amides is 1. The van der Waals surface area contributed by atoms with Gasteiger partial charge in [0.15, 0.2) is 0 Å². The van der Waals surface area contributed by atoms with Crippen molar-refractivity contribution in [1.29, 1.82) is 0 Å². The van der Waals surface area contributed by atoms with Crippen molar-refractivity contribution in [2.24, 2.45) is 0 Å². The van der Waals surface area contributed by atoms with E-state index >= 15 is 0 Å². The highest BCUT2D eigenvalue weighted by molar-refractivity contribution is 5.98. The Labute approximate surface area is 149 Å². The number of carbonyl (C=O) groups excluding carboxylic acids is 1. The van der Waals surface area contributed by atoms with E-state index in [9.17, 15) is 4.79 Å². The summed E-state index contributed by atoms with van der Waals surface area (Å²) in [5.74, 6) is 0.526. The van der Waals surface area contributed by atoms with Gasteiger partial charge in [-0.15, -0.1) is 0 Å². The first kappa shape index (κ1) is 17.7. The average Bonchev–Trinajstić information content (AvgIpc) is 3.14. The molecule has 1 aliphatic carbocycles. The van der Waals surface area contributed by atoms with Crippen LogP contribution in [0.1, 0.15) is 36.2 Å². The van der Waals surface area contributed by atoms with Gasteiger partial charge in [-0.1, -0.05) is 31.0 Å². The highest BCUT2D eigenvalue weighted by Crippen LogP contribution is 2.28. The predicted molar refractivity (Wildman–Crippen MR) is 100 cm³/mol. The second kappa shape index (κ2) is 7.83. The molecular formula is C20H27N3O2. The van der Waals surface area contributed by atoms with Crippen LogP contribution in [0.4, 0.5) is 0 Å². The molecule has 0 spiro atoms. The third-order valence-corrected chi connectivity index (χ3v) is 4.93. The smallest absolute Gasteiger partial charge is 0.272 e. The Morgan fingerprint density at radius 3 is 2.60 bits per heavy atom. The Hall–Kier alpha value is -2.14. The van der Waals surface area contributed by atoms with Gasteiger partial charge in [-0.25, -0.2) is 4.98 Å². The molecule has 134 valence electrons. The Morgan fingerprint density at radius 2 is 1.92 bits per heavy atom. The van der Waals surface area contributed by atoms with Gasteiger partial charge < -0.3 is 14.5 Å². The molecule has 3 rings (SSSR count). The van der Waals surface area contributed by atoms with Crippen LogP contribution in [0.5, 0.6) is 5.88 Å². The molecule has 2 aromatic rings. The number of aromatic nitrogens is 1. The summed E-state index contributed by atoms with van der Waals surface area (Å²) in [5.41, 5.74) is 0.473. The van der Waals surface area contributed by atoms with Crippen LogP contribution in [0.25, 0.3) is 10.8 Å². The zero-order valence-electron chi connectivity index (χ0n) is 15.4. The fourth-order valence-corrected chi connectivity index (χ4v) is 3.55. The number of fused-ring (bicyclic) bond motifs is 1. The first-order valence-electron chi connectivity index (χ1n) is 8.99. The van der Waals surface area contributed by atoms with Crippen molar-refractivity contribution in [3.63, 3.8) is 0 Å². The molecule has 25 heavy (non-hydrogen) atoms. The molecule has 1 amide bonds. The fourth-order valence-electron chi connectivity index (χ4n) is 3.55. The number of ether oxygens (including phenoxy) is 1. The monoisotopic (exact) mass is 341 g/mol. The lowest BCUT2D eigenvalue weighted by molar-refractivity contribution is 0.0661. The molecule has 0 unspecified atom stereocenters. The number of rotatable bonds is 6. The number of pyridine rings is 1. The lowest BCUT2D eigenvalue weighted by atomic mass is 10.1. The first-order chi connectivity index (χ1) is 12.1. The van der Waals surface area contributed by atoms with E-state index in [-0.39, 0.29) is 5.91 Å². The van der Waals surface area contributed by atoms with Crippen molar-refractivity contribution >= 4 is 16.7 Å². The van der Waals surface area contributed by atoms with E-state index in [0.717, 1.165) is 36.7 Å². The normalized spacial score (nSPS) is 15.0. The Morgan fingerprint density at radius 1 is 1.20 bits per heavy atom. The molecule has 0 atom stereocenters. The van der Waals surface area contributed by atoms with Gasteiger partial charge in [-0.2, -0.15) is 0 Å². The number of likely N-dealkylation sites (N-methyl/N-ethyl adjacent to an activating group) is 1. The zero-order chi connectivity index (χ0) is 17.8. The van der Waals surface area contributed by atoms with Crippen LogP contribution >= 0.6 is 0 Å². The Kier molecular flexibility index (Phi) is 5.53. The molecule has 1 aliphatic rings. The molecule has 1 saturated carbocycles. The van der Waals surface area contributed by atoms with Crippen LogP contribution in [0.3, 0.4) is 0 Å². The summed E-state index contributed by atoms with van der Waals surface area (Å²) < 4.78 is 5.43. The van der Waals surface area contributed by atoms with E-state index in [1.165, 1.54) is 12.8 Å². The maximum Gasteiger partial charge on any atom is 0.272 e. The maximum atomic E-state index is 13.2. The highest BCUT2D eigenvalue weighted by atomic mass is 16.5. The van der Waals surface area contributed by atoms with Crippen molar-refractivity contribution in [2.45, 2.75) is 31.7 Å². The largest absolute Gasteiger partial charge is 0.481 e. The second-order valence-corrected chi connectivity index (χ2v) is 6.98. The topological polar surface area (TPSA) is 45.7 Å². The summed E-state index contributed by atoms with van der Waals surface area (Å²) >= 11 is 0. The van der Waals surface area contributed by atoms with Gasteiger partial charge in [-0.3, -0.25) is 4.79 Å². The van der Waals surface area contributed by atoms with Crippen LogP contribution in [0, 0.1) is 0 Å². The quantitative estimate of drug-likeness (QED) is 0.809. The molecule has 0 saturated heterocycles. The van der Waals surface area contributed by atoms with Gasteiger partial charge in [0.25, 0.3) is 5.91 Å². The SMILES string of the molecule is COc1nc(C(=O)N(CCN(C)C)C2CCCC2)cc2ccccc12. The van der Waals surface area contributed by atoms with Crippen LogP contribution in [0.2, 0.25) is 0 Å². The number of methoxy groups -OCH3 is 1. The standard InChI is InChI=1S/C20H27N3O2/c1-22(2)12-13-23(16-9-5-6-10-16)20(24)18-14-15-8-4-7-11-17(15)19(21-18)25-3/h4,7-8,11,14,16H,5-6,9-10,12-13H2,1-3H3. The lowest BCUT2D eigenvalue weighted by Crippen LogP contribution is -2.43. The lowest BCUT2D eigenvalue weighted by Gasteiger charge is -2.30. The van der Waals surface area contributed by atoms with Crippen molar-refractivity contribution < 1.29 is 9.53 Å². The molecule has 0 bridgehead atoms. The van der Waals surface area contributed by atoms with Crippen molar-refractivity contribution in [3.8, 4) is 5.88 Å². The van der Waals surface area contributed by atoms with Crippen molar-refractivity contribution in [3.05, 3.63) is 36.0 Å². The van der Waals surface area contributed by atoms with Gasteiger partial charge in [0.05, 0.1) is 7.11 Å². The van der Waals surface area contributed by atoms with Crippen LogP contribution in [-0.2, 0) is 0 Å². The minimum atomic E-state index is 0.0119. The third kappa shape index (κ3) is 3.93. The maximum absolute atomic E-state index is 13.2. The molecule has 0 N–H and O–H groups in total. The van der Waals surface area contributed by atoms with E-state index in [1.54, 1.807) is 7.11 Å². The number of carbonyl (C=O) groups is 1. The summed E-state index contributed by atoms with van der Waals surface area (Å²) in [5, 5.41) is 1.92. The first-order valence-corrected chi connectivity index (χ1v) is 8.99. The van der Waals surface area contributed by atoms with E-state index in [2.05, 4.69) is 9.88 Å². The van der Waals surface area contributed by atoms with E-state index < -0.39 is 0 Å². The zero-order valence-corrected chi connectivity index (χ0v) is 15.4. The van der Waals surface area contributed by atoms with Crippen molar-refractivity contribution in [1.82, 2.24) is 14.8 Å². The summed E-state index contributed by atoms with van der Waals surface area (Å²) in [6.45, 7) is 1.58. The van der Waals surface area contributed by atoms with Crippen LogP contribution in [0.15, 0.2) is 30.3 Å². The van der Waals surface area contributed by atoms with Crippen molar-refractivity contribution in [2.75, 3.05) is 34.3 Å². The fraction of sp³-hybridized carbons (Fsp3) is 0.500. The third-order valence-electron chi connectivity index (χ3n) is 4.93.